The molecule has 0 fully saturated rings. The largest absolute Gasteiger partial charge is 0.0654 e. The van der Waals surface area contributed by atoms with Gasteiger partial charge in [-0.1, -0.05) is 72.2 Å². The molecule has 76 valence electrons. The van der Waals surface area contributed by atoms with Gasteiger partial charge in [-0.15, -0.1) is 0 Å². The molecule has 0 N–H and O–H groups in total. The van der Waals surface area contributed by atoms with Crippen molar-refractivity contribution in [3.05, 3.63) is 0 Å². The second-order valence-corrected chi connectivity index (χ2v) is 7.37. The first-order chi connectivity index (χ1) is 5.83. The van der Waals surface area contributed by atoms with E-state index in [-0.39, 0.29) is 0 Å². The van der Waals surface area contributed by atoms with E-state index < -0.39 is 0 Å². The molecule has 0 rings (SSSR count). The van der Waals surface area contributed by atoms with Crippen LogP contribution in [-0.2, 0) is 0 Å². The van der Waals surface area contributed by atoms with E-state index >= 15 is 0 Å². The van der Waals surface area contributed by atoms with Crippen LogP contribution < -0.4 is 0 Å². The van der Waals surface area contributed by atoms with Crippen LogP contribution in [0.1, 0.15) is 39.5 Å². The lowest BCUT2D eigenvalue weighted by atomic mass is 10.4. The molecule has 0 nitrogen and oxygen atoms in total. The summed E-state index contributed by atoms with van der Waals surface area (Å²) in [6.07, 6.45) is 8.14. The Morgan fingerprint density at radius 3 is 1.25 bits per heavy atom. The Balaban J connectivity index is 0. The molecule has 0 saturated carbocycles. The molecule has 0 amide bonds. The second kappa shape index (κ2) is 18.6. The van der Waals surface area contributed by atoms with Gasteiger partial charge in [0.1, 0.15) is 0 Å². The van der Waals surface area contributed by atoms with Crippen LogP contribution in [0.25, 0.3) is 0 Å². The Kier molecular flexibility index (Phi) is 25.2. The molecule has 0 radical (unpaired) electrons. The van der Waals surface area contributed by atoms with Crippen molar-refractivity contribution in [2.45, 2.75) is 39.5 Å². The fraction of sp³-hybridized carbons (Fsp3) is 1.00. The van der Waals surface area contributed by atoms with E-state index in [4.69, 9.17) is 0 Å². The predicted octanol–water partition coefficient (Wildman–Crippen LogP) is 5.55. The summed E-state index contributed by atoms with van der Waals surface area (Å²) in [4.78, 5) is 0. The maximum atomic E-state index is 3.38. The van der Waals surface area contributed by atoms with Gasteiger partial charge in [0.05, 0.1) is 0 Å². The number of halogens is 2. The highest BCUT2D eigenvalue weighted by Crippen LogP contribution is 2.20. The highest BCUT2D eigenvalue weighted by Gasteiger charge is 1.76. The highest BCUT2D eigenvalue weighted by molar-refractivity contribution is 9.37. The summed E-state index contributed by atoms with van der Waals surface area (Å²) in [5, 5.41) is 0. The van der Waals surface area contributed by atoms with Crippen molar-refractivity contribution in [2.24, 2.45) is 0 Å². The number of hydrogen-bond acceptors (Lipinski definition) is 0. The Labute approximate surface area is 97.1 Å². The lowest BCUT2D eigenvalue weighted by molar-refractivity contribution is 0.896. The summed E-state index contributed by atoms with van der Waals surface area (Å²) < 4.78 is 0. The van der Waals surface area contributed by atoms with Crippen LogP contribution in [-0.4, -0.2) is 12.3 Å². The van der Waals surface area contributed by atoms with E-state index in [1.165, 1.54) is 38.0 Å². The van der Waals surface area contributed by atoms with Crippen LogP contribution in [0, 0.1) is 0 Å². The topological polar surface area (TPSA) is 0 Å². The minimum absolute atomic E-state index is 0.977. The molecule has 0 aromatic carbocycles. The van der Waals surface area contributed by atoms with Gasteiger partial charge in [0.2, 0.25) is 0 Å². The molecule has 0 aliphatic heterocycles. The van der Waals surface area contributed by atoms with Gasteiger partial charge < -0.3 is 0 Å². The third-order valence-corrected chi connectivity index (χ3v) is 4.71. The maximum absolute atomic E-state index is 3.38. The first-order valence-corrected chi connectivity index (χ1v) is 11.4. The average molecular weight is 338 g/mol. The van der Waals surface area contributed by atoms with Crippen LogP contribution in [0.15, 0.2) is 0 Å². The molecule has 0 aromatic rings. The van der Waals surface area contributed by atoms with Crippen LogP contribution in [0.5, 0.6) is 0 Å². The molecule has 12 heavy (non-hydrogen) atoms. The summed E-state index contributed by atoms with van der Waals surface area (Å²) in [6.45, 7) is 4.43. The number of rotatable bonds is 6. The number of unbranched alkanes of at least 4 members (excludes halogenated alkanes) is 2. The van der Waals surface area contributed by atoms with Gasteiger partial charge in [-0.05, 0) is 25.2 Å². The van der Waals surface area contributed by atoms with E-state index in [0.29, 0.717) is 0 Å². The monoisotopic (exact) mass is 336 g/mol. The predicted molar refractivity (Wildman–Crippen MR) is 74.0 cm³/mol. The van der Waals surface area contributed by atoms with Gasteiger partial charge in [-0.2, -0.15) is 0 Å². The minimum atomic E-state index is 0.977. The van der Waals surface area contributed by atoms with E-state index in [2.05, 4.69) is 44.8 Å². The Morgan fingerprint density at radius 1 is 0.833 bits per heavy atom. The van der Waals surface area contributed by atoms with E-state index in [1.54, 1.807) is 0 Å². The van der Waals surface area contributed by atoms with Gasteiger partial charge in [-0.3, -0.25) is 0 Å². The molecule has 0 aliphatic carbocycles. The van der Waals surface area contributed by atoms with Gasteiger partial charge in [0.25, 0.3) is 0 Å². The summed E-state index contributed by atoms with van der Waals surface area (Å²) >= 11 is 6.76. The maximum Gasteiger partial charge on any atom is -0.0255 e. The summed E-state index contributed by atoms with van der Waals surface area (Å²) in [6, 6.07) is 0. The fourth-order valence-corrected chi connectivity index (χ4v) is 3.14. The molecule has 0 saturated heterocycles. The fourth-order valence-electron chi connectivity index (χ4n) is 0.487. The Morgan fingerprint density at radius 2 is 1.17 bits per heavy atom. The van der Waals surface area contributed by atoms with Gasteiger partial charge in [0.15, 0.2) is 0 Å². The van der Waals surface area contributed by atoms with E-state index in [1.807, 2.05) is 0 Å². The quantitative estimate of drug-likeness (QED) is 0.440. The van der Waals surface area contributed by atoms with Crippen LogP contribution >= 0.6 is 45.5 Å². The average Bonchev–Trinajstić information content (AvgIpc) is 2.12. The minimum Gasteiger partial charge on any atom is -0.0654 e. The molecule has 2 atom stereocenters. The zero-order valence-electron chi connectivity index (χ0n) is 8.00. The lowest BCUT2D eigenvalue weighted by Gasteiger charge is -1.85. The van der Waals surface area contributed by atoms with Crippen molar-refractivity contribution < 1.29 is 0 Å². The van der Waals surface area contributed by atoms with Crippen LogP contribution in [0.3, 0.4) is 0 Å². The molecule has 4 heteroatoms. The second-order valence-electron chi connectivity index (χ2n) is 2.47. The normalized spacial score (nSPS) is 11.0. The molecule has 0 aromatic heterocycles. The van der Waals surface area contributed by atoms with E-state index in [9.17, 15) is 0 Å². The molecular formula is C8H20Br2P2. The van der Waals surface area contributed by atoms with Gasteiger partial charge in [0, 0.05) is 0 Å². The van der Waals surface area contributed by atoms with Crippen molar-refractivity contribution in [1.29, 1.82) is 0 Å². The van der Waals surface area contributed by atoms with Gasteiger partial charge in [-0.25, -0.2) is 0 Å². The Bertz CT molecular complexity index is 47.0. The van der Waals surface area contributed by atoms with Crippen molar-refractivity contribution >= 4 is 45.5 Å². The first kappa shape index (κ1) is 16.3. The molecule has 0 spiro atoms. The van der Waals surface area contributed by atoms with Crippen molar-refractivity contribution in [1.82, 2.24) is 0 Å². The number of hydrogen-bond donors (Lipinski definition) is 0. The zero-order valence-corrected chi connectivity index (χ0v) is 13.2. The van der Waals surface area contributed by atoms with Crippen molar-refractivity contribution in [2.75, 3.05) is 12.3 Å². The molecule has 0 heterocycles. The van der Waals surface area contributed by atoms with Crippen LogP contribution in [0.4, 0.5) is 0 Å². The molecule has 2 unspecified atom stereocenters. The van der Waals surface area contributed by atoms with Gasteiger partial charge >= 0.3 is 0 Å². The molecule has 0 bridgehead atoms. The summed E-state index contributed by atoms with van der Waals surface area (Å²) in [5.74, 6) is 0. The van der Waals surface area contributed by atoms with Crippen molar-refractivity contribution in [3.8, 4) is 0 Å². The Hall–Kier alpha value is 1.82. The SMILES string of the molecule is CCCCPBr.CCCCPBr. The third-order valence-electron chi connectivity index (χ3n) is 1.25. The third kappa shape index (κ3) is 22.6. The van der Waals surface area contributed by atoms with E-state index in [0.717, 1.165) is 14.6 Å². The zero-order chi connectivity index (χ0) is 9.66. The first-order valence-electron chi connectivity index (χ1n) is 4.50. The van der Waals surface area contributed by atoms with Crippen LogP contribution in [0.2, 0.25) is 0 Å². The highest BCUT2D eigenvalue weighted by atomic mass is 79.9. The standard InChI is InChI=1S/2C4H10BrP/c2*1-2-3-4-6-5/h2*6H,2-4H2,1H3. The molecule has 0 aliphatic rings. The summed E-state index contributed by atoms with van der Waals surface area (Å²) in [5.41, 5.74) is 0. The molecular weight excluding hydrogens is 318 g/mol. The lowest BCUT2D eigenvalue weighted by Crippen LogP contribution is -1.66. The smallest absolute Gasteiger partial charge is 0.0255 e. The summed E-state index contributed by atoms with van der Waals surface area (Å²) in [7, 11) is 1.95. The van der Waals surface area contributed by atoms with Crippen molar-refractivity contribution in [3.63, 3.8) is 0 Å².